The fourth-order valence-corrected chi connectivity index (χ4v) is 0.216. The molecule has 6 heteroatoms. The predicted octanol–water partition coefficient (Wildman–Crippen LogP) is -0.699. The Hall–Kier alpha value is -1.72. The van der Waals surface area contributed by atoms with E-state index in [0.717, 1.165) is 6.21 Å². The normalized spacial score (nSPS) is 10.6. The summed E-state index contributed by atoms with van der Waals surface area (Å²) in [6.45, 7) is 0. The second-order valence-corrected chi connectivity index (χ2v) is 1.35. The van der Waals surface area contributed by atoms with Crippen LogP contribution < -0.4 is 0 Å². The lowest BCUT2D eigenvalue weighted by Crippen LogP contribution is -2.00. The molecule has 0 rings (SSSR count). The summed E-state index contributed by atoms with van der Waals surface area (Å²) in [6.07, 6.45) is 1.32. The van der Waals surface area contributed by atoms with Gasteiger partial charge in [-0.1, -0.05) is 0 Å². The summed E-state index contributed by atoms with van der Waals surface area (Å²) in [7, 11) is 1.18. The Balaban J connectivity index is 3.77. The van der Waals surface area contributed by atoms with Crippen molar-refractivity contribution in [1.29, 1.82) is 0 Å². The number of carbonyl (C=O) groups excluding carboxylic acids is 1. The van der Waals surface area contributed by atoms with Gasteiger partial charge in [-0.05, 0) is 0 Å². The molecule has 0 bridgehead atoms. The first-order chi connectivity index (χ1) is 5.16. The Kier molecular flexibility index (Phi) is 4.30. The lowest BCUT2D eigenvalue weighted by Gasteiger charge is -1.84. The van der Waals surface area contributed by atoms with Gasteiger partial charge in [-0.25, -0.2) is 9.59 Å². The van der Waals surface area contributed by atoms with Gasteiger partial charge in [-0.15, -0.1) is 0 Å². The van der Waals surface area contributed by atoms with Crippen LogP contribution in [0.5, 0.6) is 0 Å². The number of carboxylic acid groups (broad SMARTS) is 1. The minimum atomic E-state index is -1.23. The van der Waals surface area contributed by atoms with Crippen LogP contribution in [0.25, 0.3) is 0 Å². The highest BCUT2D eigenvalue weighted by Gasteiger charge is 1.89. The van der Waals surface area contributed by atoms with E-state index in [1.165, 1.54) is 7.11 Å². The van der Waals surface area contributed by atoms with Crippen molar-refractivity contribution < 1.29 is 19.4 Å². The third kappa shape index (κ3) is 6.16. The van der Waals surface area contributed by atoms with Crippen LogP contribution in [0.1, 0.15) is 0 Å². The van der Waals surface area contributed by atoms with Crippen LogP contribution in [0.15, 0.2) is 10.2 Å². The lowest BCUT2D eigenvalue weighted by molar-refractivity contribution is -0.132. The third-order valence-corrected chi connectivity index (χ3v) is 0.599. The number of esters is 1. The molecule has 0 aromatic rings. The first-order valence-electron chi connectivity index (χ1n) is 2.54. The standard InChI is InChI=1S/C5H6N2O4/c1-11-5(10)3-7-6-2-4(8)9/h2-3H,1H3,(H,8,9)/b6-2+,7-3+. The van der Waals surface area contributed by atoms with E-state index in [1.807, 2.05) is 0 Å². The van der Waals surface area contributed by atoms with Gasteiger partial charge in [0.15, 0.2) is 0 Å². The van der Waals surface area contributed by atoms with Crippen molar-refractivity contribution in [3.63, 3.8) is 0 Å². The number of nitrogens with zero attached hydrogens (tertiary/aromatic N) is 2. The number of carbonyl (C=O) groups is 2. The fraction of sp³-hybridized carbons (Fsp3) is 0.200. The molecule has 6 nitrogen and oxygen atoms in total. The molecule has 0 aromatic carbocycles. The van der Waals surface area contributed by atoms with E-state index in [0.29, 0.717) is 6.21 Å². The molecule has 0 amide bonds. The van der Waals surface area contributed by atoms with E-state index in [4.69, 9.17) is 5.11 Å². The van der Waals surface area contributed by atoms with Gasteiger partial charge in [0, 0.05) is 0 Å². The van der Waals surface area contributed by atoms with Gasteiger partial charge in [0.05, 0.1) is 7.11 Å². The zero-order valence-corrected chi connectivity index (χ0v) is 5.72. The fourth-order valence-electron chi connectivity index (χ4n) is 0.216. The van der Waals surface area contributed by atoms with Crippen LogP contribution in [0.4, 0.5) is 0 Å². The molecule has 0 aliphatic rings. The number of rotatable bonds is 3. The molecule has 0 fully saturated rings. The first kappa shape index (κ1) is 9.28. The summed E-state index contributed by atoms with van der Waals surface area (Å²) >= 11 is 0. The Morgan fingerprint density at radius 3 is 2.36 bits per heavy atom. The highest BCUT2D eigenvalue weighted by atomic mass is 16.5. The molecule has 0 spiro atoms. The van der Waals surface area contributed by atoms with Gasteiger partial charge in [0.1, 0.15) is 12.4 Å². The van der Waals surface area contributed by atoms with Crippen molar-refractivity contribution in [1.82, 2.24) is 0 Å². The highest BCUT2D eigenvalue weighted by Crippen LogP contribution is 1.70. The van der Waals surface area contributed by atoms with E-state index in [2.05, 4.69) is 14.9 Å². The minimum absolute atomic E-state index is 0.555. The number of carboxylic acids is 1. The molecule has 60 valence electrons. The average Bonchev–Trinajstić information content (AvgIpc) is 1.97. The largest absolute Gasteiger partial charge is 0.477 e. The van der Waals surface area contributed by atoms with Crippen molar-refractivity contribution in [2.75, 3.05) is 7.11 Å². The molecular formula is C5H6N2O4. The van der Waals surface area contributed by atoms with Crippen molar-refractivity contribution in [2.45, 2.75) is 0 Å². The number of hydrogen-bond donors (Lipinski definition) is 1. The number of aliphatic carboxylic acids is 1. The van der Waals surface area contributed by atoms with Gasteiger partial charge in [-0.3, -0.25) is 0 Å². The molecule has 0 aliphatic heterocycles. The number of methoxy groups -OCH3 is 1. The maximum atomic E-state index is 10.3. The molecule has 1 N–H and O–H groups in total. The van der Waals surface area contributed by atoms with Crippen LogP contribution in [0, 0.1) is 0 Å². The SMILES string of the molecule is COC(=O)/C=N/N=C/C(=O)O. The van der Waals surface area contributed by atoms with Gasteiger partial charge < -0.3 is 9.84 Å². The zero-order chi connectivity index (χ0) is 8.69. The molecule has 0 saturated heterocycles. The summed E-state index contributed by atoms with van der Waals surface area (Å²) in [5, 5.41) is 14.1. The van der Waals surface area contributed by atoms with Crippen LogP contribution >= 0.6 is 0 Å². The quantitative estimate of drug-likeness (QED) is 0.334. The molecular weight excluding hydrogens is 152 g/mol. The van der Waals surface area contributed by atoms with E-state index in [9.17, 15) is 9.59 Å². The van der Waals surface area contributed by atoms with Crippen molar-refractivity contribution in [3.8, 4) is 0 Å². The van der Waals surface area contributed by atoms with Crippen LogP contribution in [-0.4, -0.2) is 36.6 Å². The topological polar surface area (TPSA) is 88.3 Å². The Bertz CT molecular complexity index is 209. The maximum absolute atomic E-state index is 10.3. The smallest absolute Gasteiger partial charge is 0.351 e. The van der Waals surface area contributed by atoms with Gasteiger partial charge in [0.2, 0.25) is 0 Å². The predicted molar refractivity (Wildman–Crippen MR) is 36.6 cm³/mol. The monoisotopic (exact) mass is 158 g/mol. The van der Waals surface area contributed by atoms with Crippen LogP contribution in [-0.2, 0) is 14.3 Å². The summed E-state index contributed by atoms with van der Waals surface area (Å²) in [4.78, 5) is 20.0. The third-order valence-electron chi connectivity index (χ3n) is 0.599. The van der Waals surface area contributed by atoms with Crippen molar-refractivity contribution in [3.05, 3.63) is 0 Å². The number of hydrogen-bond acceptors (Lipinski definition) is 5. The molecule has 11 heavy (non-hydrogen) atoms. The molecule has 0 saturated carbocycles. The van der Waals surface area contributed by atoms with Gasteiger partial charge >= 0.3 is 11.9 Å². The Labute approximate surface area is 62.2 Å². The van der Waals surface area contributed by atoms with Crippen molar-refractivity contribution >= 4 is 24.4 Å². The average molecular weight is 158 g/mol. The van der Waals surface area contributed by atoms with Gasteiger partial charge in [0.25, 0.3) is 0 Å². The Morgan fingerprint density at radius 1 is 1.36 bits per heavy atom. The molecule has 0 unspecified atom stereocenters. The zero-order valence-electron chi connectivity index (χ0n) is 5.72. The maximum Gasteiger partial charge on any atom is 0.351 e. The molecule has 0 aliphatic carbocycles. The lowest BCUT2D eigenvalue weighted by atomic mass is 10.7. The van der Waals surface area contributed by atoms with E-state index in [1.54, 1.807) is 0 Å². The highest BCUT2D eigenvalue weighted by molar-refractivity contribution is 6.24. The minimum Gasteiger partial charge on any atom is -0.477 e. The van der Waals surface area contributed by atoms with Crippen molar-refractivity contribution in [2.24, 2.45) is 10.2 Å². The Morgan fingerprint density at radius 2 is 1.91 bits per heavy atom. The number of ether oxygens (including phenoxy) is 1. The first-order valence-corrected chi connectivity index (χ1v) is 2.54. The van der Waals surface area contributed by atoms with E-state index < -0.39 is 11.9 Å². The molecule has 0 atom stereocenters. The second kappa shape index (κ2) is 5.10. The molecule has 0 radical (unpaired) electrons. The molecule has 0 aromatic heterocycles. The second-order valence-electron chi connectivity index (χ2n) is 1.35. The summed E-state index contributed by atoms with van der Waals surface area (Å²) in [6, 6.07) is 0. The van der Waals surface area contributed by atoms with E-state index in [-0.39, 0.29) is 0 Å². The van der Waals surface area contributed by atoms with Crippen LogP contribution in [0.3, 0.4) is 0 Å². The summed E-state index contributed by atoms with van der Waals surface area (Å²) in [5.41, 5.74) is 0. The molecule has 0 heterocycles. The van der Waals surface area contributed by atoms with E-state index >= 15 is 0 Å². The van der Waals surface area contributed by atoms with Gasteiger partial charge in [-0.2, -0.15) is 10.2 Å². The summed E-state index contributed by atoms with van der Waals surface area (Å²) < 4.78 is 4.15. The summed E-state index contributed by atoms with van der Waals surface area (Å²) in [5.74, 6) is -1.92. The van der Waals surface area contributed by atoms with Crippen LogP contribution in [0.2, 0.25) is 0 Å².